The third-order valence-corrected chi connectivity index (χ3v) is 5.43. The van der Waals surface area contributed by atoms with Crippen LogP contribution in [0.25, 0.3) is 11.4 Å². The Morgan fingerprint density at radius 2 is 2.19 bits per heavy atom. The van der Waals surface area contributed by atoms with E-state index in [9.17, 15) is 4.79 Å². The fraction of sp³-hybridized carbons (Fsp3) is 0.550. The van der Waals surface area contributed by atoms with Crippen molar-refractivity contribution < 1.29 is 14.1 Å². The van der Waals surface area contributed by atoms with Crippen LogP contribution in [0.1, 0.15) is 30.7 Å². The van der Waals surface area contributed by atoms with Crippen LogP contribution in [-0.4, -0.2) is 47.3 Å². The molecule has 0 saturated carbocycles. The molecule has 26 heavy (non-hydrogen) atoms. The van der Waals surface area contributed by atoms with E-state index < -0.39 is 0 Å². The van der Waals surface area contributed by atoms with Crippen molar-refractivity contribution in [2.45, 2.75) is 32.6 Å². The number of carbonyl (C=O) groups excluding carboxylic acids is 1. The highest BCUT2D eigenvalue weighted by Gasteiger charge is 2.31. The van der Waals surface area contributed by atoms with Gasteiger partial charge in [0.25, 0.3) is 0 Å². The maximum absolute atomic E-state index is 12.6. The number of aryl methyl sites for hydroxylation is 1. The second-order valence-electron chi connectivity index (χ2n) is 7.38. The third-order valence-electron chi connectivity index (χ3n) is 5.43. The molecule has 3 heterocycles. The molecular formula is C20H25N3O3. The van der Waals surface area contributed by atoms with Gasteiger partial charge in [0, 0.05) is 31.7 Å². The molecule has 4 rings (SSSR count). The standard InChI is InChI=1S/C20H25N3O3/c1-14-5-2-3-7-17(14)19-21-18(26-22-19)11-15-6-4-9-23(12-15)20(24)16-8-10-25-13-16/h2-3,5,7,15-16H,4,6,8-13H2,1H3/t15-,16+/m1/s1. The lowest BCUT2D eigenvalue weighted by molar-refractivity contribution is -0.137. The summed E-state index contributed by atoms with van der Waals surface area (Å²) >= 11 is 0. The maximum atomic E-state index is 12.6. The molecule has 2 aliphatic rings. The largest absolute Gasteiger partial charge is 0.381 e. The van der Waals surface area contributed by atoms with Crippen LogP contribution < -0.4 is 0 Å². The van der Waals surface area contributed by atoms with Gasteiger partial charge in [-0.25, -0.2) is 0 Å². The van der Waals surface area contributed by atoms with E-state index in [1.54, 1.807) is 0 Å². The molecule has 0 spiro atoms. The number of hydrogen-bond acceptors (Lipinski definition) is 5. The van der Waals surface area contributed by atoms with Gasteiger partial charge in [0.05, 0.1) is 12.5 Å². The van der Waals surface area contributed by atoms with Gasteiger partial charge in [-0.2, -0.15) is 4.98 Å². The van der Waals surface area contributed by atoms with Crippen molar-refractivity contribution in [3.05, 3.63) is 35.7 Å². The highest BCUT2D eigenvalue weighted by Crippen LogP contribution is 2.25. The monoisotopic (exact) mass is 355 g/mol. The van der Waals surface area contributed by atoms with Gasteiger partial charge in [-0.05, 0) is 37.7 Å². The summed E-state index contributed by atoms with van der Waals surface area (Å²) in [6, 6.07) is 8.04. The molecule has 2 aromatic rings. The normalized spacial score (nSPS) is 23.3. The lowest BCUT2D eigenvalue weighted by Crippen LogP contribution is -2.43. The minimum absolute atomic E-state index is 0.0461. The van der Waals surface area contributed by atoms with Gasteiger partial charge in [0.1, 0.15) is 0 Å². The highest BCUT2D eigenvalue weighted by molar-refractivity contribution is 5.79. The Kier molecular flexibility index (Phi) is 5.02. The first kappa shape index (κ1) is 17.2. The SMILES string of the molecule is Cc1ccccc1-c1noc(C[C@H]2CCCN(C(=O)[C@H]3CCOC3)C2)n1. The number of rotatable bonds is 4. The Labute approximate surface area is 153 Å². The molecule has 0 bridgehead atoms. The van der Waals surface area contributed by atoms with Crippen LogP contribution in [0.4, 0.5) is 0 Å². The van der Waals surface area contributed by atoms with Crippen molar-refractivity contribution in [3.8, 4) is 11.4 Å². The van der Waals surface area contributed by atoms with Crippen molar-refractivity contribution in [2.75, 3.05) is 26.3 Å². The summed E-state index contributed by atoms with van der Waals surface area (Å²) in [5.74, 6) is 1.97. The number of piperidine rings is 1. The maximum Gasteiger partial charge on any atom is 0.228 e. The molecule has 6 heteroatoms. The smallest absolute Gasteiger partial charge is 0.228 e. The van der Waals surface area contributed by atoms with Gasteiger partial charge in [-0.3, -0.25) is 4.79 Å². The van der Waals surface area contributed by atoms with E-state index in [1.807, 2.05) is 36.1 Å². The van der Waals surface area contributed by atoms with E-state index in [1.165, 1.54) is 0 Å². The third kappa shape index (κ3) is 3.65. The molecule has 1 aromatic carbocycles. The van der Waals surface area contributed by atoms with E-state index in [4.69, 9.17) is 9.26 Å². The van der Waals surface area contributed by atoms with Crippen LogP contribution in [0.2, 0.25) is 0 Å². The first-order valence-electron chi connectivity index (χ1n) is 9.46. The van der Waals surface area contributed by atoms with Crippen LogP contribution in [-0.2, 0) is 16.0 Å². The summed E-state index contributed by atoms with van der Waals surface area (Å²) in [5, 5.41) is 4.15. The van der Waals surface area contributed by atoms with E-state index in [-0.39, 0.29) is 11.8 Å². The molecule has 2 atom stereocenters. The lowest BCUT2D eigenvalue weighted by Gasteiger charge is -2.33. The van der Waals surface area contributed by atoms with Gasteiger partial charge in [-0.15, -0.1) is 0 Å². The van der Waals surface area contributed by atoms with Gasteiger partial charge in [0.15, 0.2) is 0 Å². The number of amides is 1. The van der Waals surface area contributed by atoms with Gasteiger partial charge in [0.2, 0.25) is 17.6 Å². The zero-order valence-electron chi connectivity index (χ0n) is 15.2. The van der Waals surface area contributed by atoms with E-state index in [2.05, 4.69) is 10.1 Å². The summed E-state index contributed by atoms with van der Waals surface area (Å²) < 4.78 is 10.9. The molecule has 2 aliphatic heterocycles. The first-order chi connectivity index (χ1) is 12.7. The average Bonchev–Trinajstić information content (AvgIpc) is 3.34. The van der Waals surface area contributed by atoms with E-state index >= 15 is 0 Å². The predicted octanol–water partition coefficient (Wildman–Crippen LogP) is 2.86. The van der Waals surface area contributed by atoms with E-state index in [0.717, 1.165) is 49.9 Å². The van der Waals surface area contributed by atoms with Crippen LogP contribution in [0, 0.1) is 18.8 Å². The van der Waals surface area contributed by atoms with Crippen LogP contribution in [0.3, 0.4) is 0 Å². The topological polar surface area (TPSA) is 68.5 Å². The van der Waals surface area contributed by atoms with Crippen molar-refractivity contribution in [2.24, 2.45) is 11.8 Å². The molecule has 138 valence electrons. The van der Waals surface area contributed by atoms with Crippen molar-refractivity contribution in [3.63, 3.8) is 0 Å². The fourth-order valence-electron chi connectivity index (χ4n) is 3.94. The Morgan fingerprint density at radius 1 is 1.31 bits per heavy atom. The van der Waals surface area contributed by atoms with Crippen molar-refractivity contribution in [1.82, 2.24) is 15.0 Å². The predicted molar refractivity (Wildman–Crippen MR) is 96.4 cm³/mol. The number of carbonyl (C=O) groups is 1. The van der Waals surface area contributed by atoms with Crippen molar-refractivity contribution in [1.29, 1.82) is 0 Å². The molecule has 6 nitrogen and oxygen atoms in total. The molecule has 1 aromatic heterocycles. The quantitative estimate of drug-likeness (QED) is 0.843. The summed E-state index contributed by atoms with van der Waals surface area (Å²) in [4.78, 5) is 19.2. The molecule has 2 saturated heterocycles. The fourth-order valence-corrected chi connectivity index (χ4v) is 3.94. The average molecular weight is 355 g/mol. The summed E-state index contributed by atoms with van der Waals surface area (Å²) in [7, 11) is 0. The Morgan fingerprint density at radius 3 is 3.00 bits per heavy atom. The minimum atomic E-state index is 0.0461. The number of benzene rings is 1. The summed E-state index contributed by atoms with van der Waals surface area (Å²) in [6.07, 6.45) is 3.70. The highest BCUT2D eigenvalue weighted by atomic mass is 16.5. The Balaban J connectivity index is 1.39. The zero-order valence-corrected chi connectivity index (χ0v) is 15.2. The molecular weight excluding hydrogens is 330 g/mol. The second kappa shape index (κ2) is 7.58. The Hall–Kier alpha value is -2.21. The van der Waals surface area contributed by atoms with Crippen LogP contribution in [0.15, 0.2) is 28.8 Å². The number of likely N-dealkylation sites (tertiary alicyclic amines) is 1. The summed E-state index contributed by atoms with van der Waals surface area (Å²) in [6.45, 7) is 4.95. The molecule has 0 unspecified atom stereocenters. The zero-order chi connectivity index (χ0) is 17.9. The van der Waals surface area contributed by atoms with Gasteiger partial charge >= 0.3 is 0 Å². The van der Waals surface area contributed by atoms with Crippen LogP contribution in [0.5, 0.6) is 0 Å². The molecule has 2 fully saturated rings. The lowest BCUT2D eigenvalue weighted by atomic mass is 9.93. The molecule has 0 radical (unpaired) electrons. The number of aromatic nitrogens is 2. The Bertz CT molecular complexity index is 767. The van der Waals surface area contributed by atoms with Gasteiger partial charge in [-0.1, -0.05) is 29.4 Å². The molecule has 1 amide bonds. The first-order valence-corrected chi connectivity index (χ1v) is 9.46. The van der Waals surface area contributed by atoms with E-state index in [0.29, 0.717) is 30.8 Å². The van der Waals surface area contributed by atoms with Gasteiger partial charge < -0.3 is 14.2 Å². The summed E-state index contributed by atoms with van der Waals surface area (Å²) in [5.41, 5.74) is 2.14. The van der Waals surface area contributed by atoms with Crippen LogP contribution >= 0.6 is 0 Å². The molecule has 0 aliphatic carbocycles. The minimum Gasteiger partial charge on any atom is -0.381 e. The van der Waals surface area contributed by atoms with Crippen molar-refractivity contribution >= 4 is 5.91 Å². The second-order valence-corrected chi connectivity index (χ2v) is 7.38. The number of hydrogen-bond donors (Lipinski definition) is 0. The molecule has 0 N–H and O–H groups in total. The number of ether oxygens (including phenoxy) is 1. The number of nitrogens with zero attached hydrogens (tertiary/aromatic N) is 3.